The fraction of sp³-hybridized carbons (Fsp3) is 0.769. The van der Waals surface area contributed by atoms with E-state index in [1.807, 2.05) is 0 Å². The molecule has 0 aliphatic carbocycles. The Hall–Kier alpha value is -1.14. The van der Waals surface area contributed by atoms with Crippen molar-refractivity contribution < 1.29 is 4.74 Å². The normalized spacial score (nSPS) is 27.2. The Morgan fingerprint density at radius 3 is 2.85 bits per heavy atom. The van der Waals surface area contributed by atoms with Gasteiger partial charge in [-0.25, -0.2) is 0 Å². The van der Waals surface area contributed by atoms with Gasteiger partial charge in [-0.05, 0) is 50.4 Å². The number of nitrogens with zero attached hydrogens (tertiary/aromatic N) is 5. The molecule has 2 fully saturated rings. The number of fused-ring (bicyclic) bond motifs is 1. The monoisotopic (exact) mass is 297 g/mol. The van der Waals surface area contributed by atoms with E-state index in [0.29, 0.717) is 17.9 Å². The van der Waals surface area contributed by atoms with Crippen molar-refractivity contribution in [2.45, 2.75) is 25.3 Å². The van der Waals surface area contributed by atoms with Crippen LogP contribution in [-0.2, 0) is 0 Å². The molecule has 20 heavy (non-hydrogen) atoms. The van der Waals surface area contributed by atoms with Gasteiger partial charge in [-0.1, -0.05) is 0 Å². The summed E-state index contributed by atoms with van der Waals surface area (Å²) in [6.45, 7) is 3.15. The SMILES string of the molecule is COc1nc(Cl)nc(N2CCC3C(CCCN3C)C2)n1. The highest BCUT2D eigenvalue weighted by Gasteiger charge is 2.35. The van der Waals surface area contributed by atoms with Crippen LogP contribution in [0.3, 0.4) is 0 Å². The number of rotatable bonds is 2. The lowest BCUT2D eigenvalue weighted by molar-refractivity contribution is 0.102. The zero-order valence-corrected chi connectivity index (χ0v) is 12.7. The van der Waals surface area contributed by atoms with E-state index < -0.39 is 0 Å². The number of halogens is 1. The Balaban J connectivity index is 1.77. The van der Waals surface area contributed by atoms with Gasteiger partial charge in [-0.3, -0.25) is 0 Å². The average Bonchev–Trinajstić information content (AvgIpc) is 2.46. The summed E-state index contributed by atoms with van der Waals surface area (Å²) in [4.78, 5) is 17.2. The third kappa shape index (κ3) is 2.67. The minimum Gasteiger partial charge on any atom is -0.467 e. The molecule has 2 aliphatic rings. The number of aromatic nitrogens is 3. The van der Waals surface area contributed by atoms with Crippen LogP contribution in [0.25, 0.3) is 0 Å². The maximum absolute atomic E-state index is 5.93. The first-order valence-corrected chi connectivity index (χ1v) is 7.46. The van der Waals surface area contributed by atoms with E-state index in [-0.39, 0.29) is 11.3 Å². The van der Waals surface area contributed by atoms with Gasteiger partial charge in [-0.15, -0.1) is 0 Å². The summed E-state index contributed by atoms with van der Waals surface area (Å²) in [6.07, 6.45) is 3.70. The molecular formula is C13H20ClN5O. The number of ether oxygens (including phenoxy) is 1. The molecule has 0 spiro atoms. The van der Waals surface area contributed by atoms with Crippen LogP contribution in [0.2, 0.25) is 5.28 Å². The molecule has 0 aromatic carbocycles. The first kappa shape index (κ1) is 13.8. The van der Waals surface area contributed by atoms with Crippen LogP contribution in [0.1, 0.15) is 19.3 Å². The Morgan fingerprint density at radius 1 is 1.20 bits per heavy atom. The number of piperidine rings is 2. The fourth-order valence-corrected chi connectivity index (χ4v) is 3.54. The van der Waals surface area contributed by atoms with Gasteiger partial charge in [0.1, 0.15) is 0 Å². The molecule has 7 heteroatoms. The minimum absolute atomic E-state index is 0.190. The fourth-order valence-electron chi connectivity index (χ4n) is 3.39. The molecule has 2 aliphatic heterocycles. The van der Waals surface area contributed by atoms with Crippen molar-refractivity contribution in [1.82, 2.24) is 19.9 Å². The molecule has 110 valence electrons. The van der Waals surface area contributed by atoms with Crippen LogP contribution in [0.4, 0.5) is 5.95 Å². The topological polar surface area (TPSA) is 54.4 Å². The highest BCUT2D eigenvalue weighted by atomic mass is 35.5. The molecule has 1 aromatic heterocycles. The lowest BCUT2D eigenvalue weighted by Crippen LogP contribution is -2.53. The van der Waals surface area contributed by atoms with Crippen molar-refractivity contribution in [3.63, 3.8) is 0 Å². The smallest absolute Gasteiger partial charge is 0.322 e. The Kier molecular flexibility index (Phi) is 3.94. The quantitative estimate of drug-likeness (QED) is 0.824. The minimum atomic E-state index is 0.190. The standard InChI is InChI=1S/C13H20ClN5O/c1-18-6-3-4-9-8-19(7-5-10(9)18)12-15-11(14)16-13(17-12)20-2/h9-10H,3-8H2,1-2H3. The van der Waals surface area contributed by atoms with Crippen molar-refractivity contribution in [3.8, 4) is 6.01 Å². The summed E-state index contributed by atoms with van der Waals surface area (Å²) in [7, 11) is 3.77. The number of likely N-dealkylation sites (tertiary alicyclic amines) is 1. The maximum Gasteiger partial charge on any atom is 0.322 e. The molecular weight excluding hydrogens is 278 g/mol. The van der Waals surface area contributed by atoms with Gasteiger partial charge in [0.05, 0.1) is 7.11 Å². The van der Waals surface area contributed by atoms with Crippen LogP contribution in [0, 0.1) is 5.92 Å². The molecule has 0 bridgehead atoms. The Labute approximate surface area is 124 Å². The third-order valence-corrected chi connectivity index (χ3v) is 4.56. The first-order chi connectivity index (χ1) is 9.67. The van der Waals surface area contributed by atoms with Crippen molar-refractivity contribution in [2.75, 3.05) is 38.7 Å². The van der Waals surface area contributed by atoms with Gasteiger partial charge in [0.25, 0.3) is 0 Å². The van der Waals surface area contributed by atoms with Crippen LogP contribution < -0.4 is 9.64 Å². The van der Waals surface area contributed by atoms with Gasteiger partial charge < -0.3 is 14.5 Å². The molecule has 2 unspecified atom stereocenters. The number of anilines is 1. The lowest BCUT2D eigenvalue weighted by atomic mass is 9.84. The summed E-state index contributed by atoms with van der Waals surface area (Å²) in [5.74, 6) is 1.32. The Bertz CT molecular complexity index is 486. The average molecular weight is 298 g/mol. The molecule has 6 nitrogen and oxygen atoms in total. The van der Waals surface area contributed by atoms with Crippen molar-refractivity contribution in [2.24, 2.45) is 5.92 Å². The van der Waals surface area contributed by atoms with E-state index in [1.54, 1.807) is 0 Å². The molecule has 0 saturated carbocycles. The van der Waals surface area contributed by atoms with E-state index in [9.17, 15) is 0 Å². The van der Waals surface area contributed by atoms with Gasteiger partial charge in [0.2, 0.25) is 11.2 Å². The second-order valence-corrected chi connectivity index (χ2v) is 5.91. The van der Waals surface area contributed by atoms with Gasteiger partial charge in [-0.2, -0.15) is 15.0 Å². The summed E-state index contributed by atoms with van der Waals surface area (Å²) in [6, 6.07) is 0.974. The molecule has 3 rings (SSSR count). The number of hydrogen-bond donors (Lipinski definition) is 0. The second kappa shape index (κ2) is 5.69. The summed E-state index contributed by atoms with van der Waals surface area (Å²) >= 11 is 5.93. The van der Waals surface area contributed by atoms with Gasteiger partial charge in [0.15, 0.2) is 0 Å². The molecule has 1 aromatic rings. The predicted molar refractivity (Wildman–Crippen MR) is 77.4 cm³/mol. The zero-order chi connectivity index (χ0) is 14.1. The van der Waals surface area contributed by atoms with Gasteiger partial charge in [0, 0.05) is 19.1 Å². The van der Waals surface area contributed by atoms with Crippen LogP contribution in [0.5, 0.6) is 6.01 Å². The van der Waals surface area contributed by atoms with Gasteiger partial charge >= 0.3 is 6.01 Å². The Morgan fingerprint density at radius 2 is 2.05 bits per heavy atom. The zero-order valence-electron chi connectivity index (χ0n) is 11.9. The third-order valence-electron chi connectivity index (χ3n) is 4.39. The largest absolute Gasteiger partial charge is 0.467 e. The maximum atomic E-state index is 5.93. The lowest BCUT2D eigenvalue weighted by Gasteiger charge is -2.45. The number of hydrogen-bond acceptors (Lipinski definition) is 6. The number of methoxy groups -OCH3 is 1. The molecule has 0 N–H and O–H groups in total. The van der Waals surface area contributed by atoms with E-state index in [4.69, 9.17) is 16.3 Å². The molecule has 3 heterocycles. The first-order valence-electron chi connectivity index (χ1n) is 7.08. The van der Waals surface area contributed by atoms with Crippen LogP contribution in [0.15, 0.2) is 0 Å². The summed E-state index contributed by atoms with van der Waals surface area (Å²) < 4.78 is 5.07. The van der Waals surface area contributed by atoms with Crippen molar-refractivity contribution >= 4 is 17.5 Å². The highest BCUT2D eigenvalue weighted by molar-refractivity contribution is 6.28. The van der Waals surface area contributed by atoms with E-state index >= 15 is 0 Å². The summed E-state index contributed by atoms with van der Waals surface area (Å²) in [5, 5.41) is 0.190. The molecule has 0 amide bonds. The van der Waals surface area contributed by atoms with E-state index in [1.165, 1.54) is 26.5 Å². The second-order valence-electron chi connectivity index (χ2n) is 5.58. The highest BCUT2D eigenvalue weighted by Crippen LogP contribution is 2.31. The summed E-state index contributed by atoms with van der Waals surface area (Å²) in [5.41, 5.74) is 0. The predicted octanol–water partition coefficient (Wildman–Crippen LogP) is 1.45. The van der Waals surface area contributed by atoms with Crippen LogP contribution in [-0.4, -0.2) is 59.7 Å². The van der Waals surface area contributed by atoms with Crippen LogP contribution >= 0.6 is 11.6 Å². The molecule has 2 atom stereocenters. The van der Waals surface area contributed by atoms with Crippen molar-refractivity contribution in [1.29, 1.82) is 0 Å². The van der Waals surface area contributed by atoms with E-state index in [0.717, 1.165) is 19.5 Å². The van der Waals surface area contributed by atoms with E-state index in [2.05, 4.69) is 31.8 Å². The molecule has 2 saturated heterocycles. The molecule has 0 radical (unpaired) electrons. The van der Waals surface area contributed by atoms with Crippen molar-refractivity contribution in [3.05, 3.63) is 5.28 Å².